The van der Waals surface area contributed by atoms with Crippen LogP contribution in [0, 0.1) is 6.92 Å². The zero-order chi connectivity index (χ0) is 15.9. The van der Waals surface area contributed by atoms with E-state index in [1.165, 1.54) is 29.7 Å². The molecule has 0 N–H and O–H groups in total. The van der Waals surface area contributed by atoms with Gasteiger partial charge in [0.2, 0.25) is 0 Å². The number of ether oxygens (including phenoxy) is 1. The molecule has 1 aromatic carbocycles. The number of aromatic nitrogens is 1. The lowest BCUT2D eigenvalue weighted by atomic mass is 9.85. The fourth-order valence-electron chi connectivity index (χ4n) is 2.86. The van der Waals surface area contributed by atoms with Crippen LogP contribution in [0.15, 0.2) is 30.3 Å². The third kappa shape index (κ3) is 2.87. The molecular weight excluding hydrogens is 270 g/mol. The molecule has 0 unspecified atom stereocenters. The van der Waals surface area contributed by atoms with E-state index in [2.05, 4.69) is 58.0 Å². The highest BCUT2D eigenvalue weighted by atomic mass is 16.5. The average Bonchev–Trinajstić information content (AvgIpc) is 3.30. The van der Waals surface area contributed by atoms with Crippen molar-refractivity contribution >= 4 is 0 Å². The van der Waals surface area contributed by atoms with Crippen LogP contribution in [-0.2, 0) is 5.41 Å². The molecule has 0 radical (unpaired) electrons. The van der Waals surface area contributed by atoms with Gasteiger partial charge >= 0.3 is 0 Å². The fourth-order valence-corrected chi connectivity index (χ4v) is 2.86. The van der Waals surface area contributed by atoms with E-state index in [-0.39, 0.29) is 5.41 Å². The molecule has 1 heterocycles. The third-order valence-electron chi connectivity index (χ3n) is 4.46. The predicted octanol–water partition coefficient (Wildman–Crippen LogP) is 5.24. The number of benzene rings is 1. The molecule has 0 bridgehead atoms. The summed E-state index contributed by atoms with van der Waals surface area (Å²) >= 11 is 0. The van der Waals surface area contributed by atoms with Gasteiger partial charge in [-0.15, -0.1) is 0 Å². The second-order valence-corrected chi connectivity index (χ2v) is 7.31. The Morgan fingerprint density at radius 1 is 1.05 bits per heavy atom. The van der Waals surface area contributed by atoms with E-state index in [4.69, 9.17) is 9.72 Å². The van der Waals surface area contributed by atoms with E-state index in [0.29, 0.717) is 5.92 Å². The Bertz CT molecular complexity index is 693. The Labute approximate surface area is 133 Å². The Hall–Kier alpha value is -1.83. The van der Waals surface area contributed by atoms with Crippen LogP contribution >= 0.6 is 0 Å². The summed E-state index contributed by atoms with van der Waals surface area (Å²) in [6.07, 6.45) is 2.57. The number of rotatable bonds is 3. The lowest BCUT2D eigenvalue weighted by Crippen LogP contribution is -2.11. The first-order valence-electron chi connectivity index (χ1n) is 8.06. The standard InChI is InChI=1S/C20H25NO/c1-13-16(9-10-18(21-13)14-6-7-14)17-12-15(20(2,3)4)8-11-19(17)22-5/h8-12,14H,6-7H2,1-5H3. The van der Waals surface area contributed by atoms with Gasteiger partial charge in [-0.25, -0.2) is 0 Å². The van der Waals surface area contributed by atoms with Gasteiger partial charge in [0.05, 0.1) is 7.11 Å². The topological polar surface area (TPSA) is 22.1 Å². The normalized spacial score (nSPS) is 15.0. The van der Waals surface area contributed by atoms with Crippen molar-refractivity contribution in [3.05, 3.63) is 47.3 Å². The largest absolute Gasteiger partial charge is 0.496 e. The molecular formula is C20H25NO. The summed E-state index contributed by atoms with van der Waals surface area (Å²) < 4.78 is 5.58. The quantitative estimate of drug-likeness (QED) is 0.772. The second kappa shape index (κ2) is 5.42. The van der Waals surface area contributed by atoms with Gasteiger partial charge in [0.25, 0.3) is 0 Å². The second-order valence-electron chi connectivity index (χ2n) is 7.31. The van der Waals surface area contributed by atoms with Crippen molar-refractivity contribution in [1.29, 1.82) is 0 Å². The molecule has 1 saturated carbocycles. The van der Waals surface area contributed by atoms with Gasteiger partial charge in [0.1, 0.15) is 5.75 Å². The molecule has 0 amide bonds. The monoisotopic (exact) mass is 295 g/mol. The lowest BCUT2D eigenvalue weighted by Gasteiger charge is -2.21. The Morgan fingerprint density at radius 2 is 1.77 bits per heavy atom. The van der Waals surface area contributed by atoms with E-state index < -0.39 is 0 Å². The van der Waals surface area contributed by atoms with E-state index >= 15 is 0 Å². The van der Waals surface area contributed by atoms with Gasteiger partial charge in [0.15, 0.2) is 0 Å². The van der Waals surface area contributed by atoms with Crippen LogP contribution in [0.1, 0.15) is 56.5 Å². The number of methoxy groups -OCH3 is 1. The molecule has 22 heavy (non-hydrogen) atoms. The van der Waals surface area contributed by atoms with Crippen molar-refractivity contribution in [2.75, 3.05) is 7.11 Å². The smallest absolute Gasteiger partial charge is 0.126 e. The van der Waals surface area contributed by atoms with Crippen molar-refractivity contribution in [1.82, 2.24) is 4.98 Å². The Morgan fingerprint density at radius 3 is 2.32 bits per heavy atom. The summed E-state index contributed by atoms with van der Waals surface area (Å²) in [7, 11) is 1.73. The van der Waals surface area contributed by atoms with Crippen molar-refractivity contribution in [3.63, 3.8) is 0 Å². The van der Waals surface area contributed by atoms with E-state index in [1.807, 2.05) is 0 Å². The maximum absolute atomic E-state index is 5.58. The summed E-state index contributed by atoms with van der Waals surface area (Å²) in [6, 6.07) is 10.9. The highest BCUT2D eigenvalue weighted by Crippen LogP contribution is 2.41. The summed E-state index contributed by atoms with van der Waals surface area (Å²) in [4.78, 5) is 4.82. The molecule has 2 nitrogen and oxygen atoms in total. The van der Waals surface area contributed by atoms with E-state index in [1.54, 1.807) is 7.11 Å². The van der Waals surface area contributed by atoms with Crippen LogP contribution in [0.5, 0.6) is 5.75 Å². The lowest BCUT2D eigenvalue weighted by molar-refractivity contribution is 0.416. The van der Waals surface area contributed by atoms with Gasteiger partial charge in [-0.3, -0.25) is 4.98 Å². The first-order chi connectivity index (χ1) is 10.4. The molecule has 1 aliphatic carbocycles. The van der Waals surface area contributed by atoms with Crippen LogP contribution in [-0.4, -0.2) is 12.1 Å². The van der Waals surface area contributed by atoms with Crippen LogP contribution < -0.4 is 4.74 Å². The predicted molar refractivity (Wildman–Crippen MR) is 91.6 cm³/mol. The molecule has 3 rings (SSSR count). The fraction of sp³-hybridized carbons (Fsp3) is 0.450. The molecule has 0 saturated heterocycles. The zero-order valence-corrected chi connectivity index (χ0v) is 14.2. The van der Waals surface area contributed by atoms with Gasteiger partial charge in [0, 0.05) is 28.4 Å². The summed E-state index contributed by atoms with van der Waals surface area (Å²) in [5, 5.41) is 0. The van der Waals surface area contributed by atoms with Crippen molar-refractivity contribution < 1.29 is 4.74 Å². The molecule has 2 aromatic rings. The number of hydrogen-bond acceptors (Lipinski definition) is 2. The van der Waals surface area contributed by atoms with Gasteiger partial charge in [-0.05, 0) is 48.9 Å². The van der Waals surface area contributed by atoms with Crippen LogP contribution in [0.4, 0.5) is 0 Å². The molecule has 116 valence electrons. The maximum atomic E-state index is 5.58. The number of nitrogens with zero attached hydrogens (tertiary/aromatic N) is 1. The third-order valence-corrected chi connectivity index (χ3v) is 4.46. The van der Waals surface area contributed by atoms with E-state index in [0.717, 1.165) is 17.0 Å². The molecule has 1 aromatic heterocycles. The first kappa shape index (κ1) is 15.1. The Kier molecular flexibility index (Phi) is 3.72. The van der Waals surface area contributed by atoms with Crippen molar-refractivity contribution in [2.24, 2.45) is 0 Å². The minimum atomic E-state index is 0.121. The van der Waals surface area contributed by atoms with Crippen molar-refractivity contribution in [2.45, 2.75) is 51.9 Å². The van der Waals surface area contributed by atoms with Gasteiger partial charge in [-0.1, -0.05) is 32.9 Å². The molecule has 2 heteroatoms. The van der Waals surface area contributed by atoms with E-state index in [9.17, 15) is 0 Å². The number of aryl methyl sites for hydroxylation is 1. The maximum Gasteiger partial charge on any atom is 0.126 e. The highest BCUT2D eigenvalue weighted by molar-refractivity contribution is 5.73. The first-order valence-corrected chi connectivity index (χ1v) is 8.06. The van der Waals surface area contributed by atoms with Gasteiger partial charge < -0.3 is 4.74 Å². The minimum absolute atomic E-state index is 0.121. The summed E-state index contributed by atoms with van der Waals surface area (Å²) in [5.74, 6) is 1.60. The molecule has 0 spiro atoms. The number of pyridine rings is 1. The minimum Gasteiger partial charge on any atom is -0.496 e. The van der Waals surface area contributed by atoms with Crippen LogP contribution in [0.2, 0.25) is 0 Å². The van der Waals surface area contributed by atoms with Crippen molar-refractivity contribution in [3.8, 4) is 16.9 Å². The molecule has 0 aliphatic heterocycles. The van der Waals surface area contributed by atoms with Crippen LogP contribution in [0.3, 0.4) is 0 Å². The summed E-state index contributed by atoms with van der Waals surface area (Å²) in [5.41, 5.74) is 6.08. The molecule has 1 aliphatic rings. The van der Waals surface area contributed by atoms with Gasteiger partial charge in [-0.2, -0.15) is 0 Å². The summed E-state index contributed by atoms with van der Waals surface area (Å²) in [6.45, 7) is 8.81. The molecule has 1 fully saturated rings. The highest BCUT2D eigenvalue weighted by Gasteiger charge is 2.25. The SMILES string of the molecule is COc1ccc(C(C)(C)C)cc1-c1ccc(C2CC2)nc1C. The van der Waals surface area contributed by atoms with Crippen LogP contribution in [0.25, 0.3) is 11.1 Å². The zero-order valence-electron chi connectivity index (χ0n) is 14.2. The molecule has 0 atom stereocenters. The number of hydrogen-bond donors (Lipinski definition) is 0. The Balaban J connectivity index is 2.09. The average molecular weight is 295 g/mol.